The highest BCUT2D eigenvalue weighted by Crippen LogP contribution is 2.30. The largest absolute Gasteiger partial charge is 0.323 e. The number of hydrogen-bond donors (Lipinski definition) is 1. The molecular weight excluding hydrogens is 248 g/mol. The molecule has 20 heavy (non-hydrogen) atoms. The van der Waals surface area contributed by atoms with E-state index < -0.39 is 0 Å². The molecule has 1 saturated heterocycles. The van der Waals surface area contributed by atoms with Gasteiger partial charge < -0.3 is 9.88 Å². The number of nitrogens with one attached hydrogen (secondary N) is 1. The highest BCUT2D eigenvalue weighted by Gasteiger charge is 2.24. The minimum atomic E-state index is 0.331. The minimum Gasteiger partial charge on any atom is -0.323 e. The molecule has 2 aromatic rings. The maximum absolute atomic E-state index is 4.91. The van der Waals surface area contributed by atoms with Gasteiger partial charge in [-0.1, -0.05) is 12.1 Å². The molecule has 0 radical (unpaired) electrons. The van der Waals surface area contributed by atoms with Crippen LogP contribution in [0.2, 0.25) is 0 Å². The first kappa shape index (κ1) is 13.6. The number of rotatable bonds is 3. The van der Waals surface area contributed by atoms with Gasteiger partial charge in [0.05, 0.1) is 17.1 Å². The molecule has 1 aliphatic rings. The van der Waals surface area contributed by atoms with Crippen LogP contribution in [0.4, 0.5) is 0 Å². The molecule has 0 saturated carbocycles. The molecule has 2 heterocycles. The summed E-state index contributed by atoms with van der Waals surface area (Å²) in [6, 6.07) is 9.42. The first-order valence-electron chi connectivity index (χ1n) is 7.52. The Labute approximate surface area is 120 Å². The molecule has 4 heteroatoms. The Bertz CT molecular complexity index is 581. The molecule has 1 unspecified atom stereocenters. The maximum Gasteiger partial charge on any atom is 0.127 e. The Balaban J connectivity index is 2.12. The second-order valence-corrected chi connectivity index (χ2v) is 5.95. The summed E-state index contributed by atoms with van der Waals surface area (Å²) in [5.74, 6) is 1.20. The summed E-state index contributed by atoms with van der Waals surface area (Å²) in [4.78, 5) is 7.14. The van der Waals surface area contributed by atoms with E-state index in [1.54, 1.807) is 0 Å². The summed E-state index contributed by atoms with van der Waals surface area (Å²) in [5, 5.41) is 3.45. The quantitative estimate of drug-likeness (QED) is 0.932. The molecular formula is C16H24N4. The number of piperidine rings is 1. The summed E-state index contributed by atoms with van der Waals surface area (Å²) >= 11 is 0. The van der Waals surface area contributed by atoms with Gasteiger partial charge in [-0.3, -0.25) is 4.90 Å². The van der Waals surface area contributed by atoms with Crippen LogP contribution in [0.1, 0.15) is 37.7 Å². The molecule has 0 spiro atoms. The summed E-state index contributed by atoms with van der Waals surface area (Å²) in [6.45, 7) is 4.44. The summed E-state index contributed by atoms with van der Waals surface area (Å²) < 4.78 is 2.49. The molecule has 1 aliphatic heterocycles. The van der Waals surface area contributed by atoms with E-state index in [9.17, 15) is 0 Å². The molecule has 0 amide bonds. The van der Waals surface area contributed by atoms with Crippen LogP contribution in [0, 0.1) is 0 Å². The van der Waals surface area contributed by atoms with Gasteiger partial charge in [-0.2, -0.15) is 0 Å². The third-order valence-electron chi connectivity index (χ3n) is 4.45. The number of fused-ring (bicyclic) bond motifs is 1. The van der Waals surface area contributed by atoms with Gasteiger partial charge in [0.25, 0.3) is 0 Å². The van der Waals surface area contributed by atoms with E-state index in [0.717, 1.165) is 18.6 Å². The lowest BCUT2D eigenvalue weighted by Gasteiger charge is -2.29. The van der Waals surface area contributed by atoms with E-state index >= 15 is 0 Å². The molecule has 1 aromatic carbocycles. The fraction of sp³-hybridized carbons (Fsp3) is 0.562. The van der Waals surface area contributed by atoms with Gasteiger partial charge in [0.15, 0.2) is 0 Å². The zero-order valence-electron chi connectivity index (χ0n) is 12.6. The Morgan fingerprint density at radius 1 is 1.25 bits per heavy atom. The summed E-state index contributed by atoms with van der Waals surface area (Å²) in [7, 11) is 4.24. The fourth-order valence-electron chi connectivity index (χ4n) is 3.04. The minimum absolute atomic E-state index is 0.331. The zero-order valence-corrected chi connectivity index (χ0v) is 12.6. The van der Waals surface area contributed by atoms with Crippen molar-refractivity contribution in [1.29, 1.82) is 0 Å². The van der Waals surface area contributed by atoms with E-state index in [1.807, 2.05) is 0 Å². The molecule has 0 bridgehead atoms. The highest BCUT2D eigenvalue weighted by molar-refractivity contribution is 5.76. The average Bonchev–Trinajstić information content (AvgIpc) is 2.86. The topological polar surface area (TPSA) is 33.1 Å². The van der Waals surface area contributed by atoms with Crippen LogP contribution < -0.4 is 5.32 Å². The van der Waals surface area contributed by atoms with E-state index in [2.05, 4.69) is 60.1 Å². The lowest BCUT2D eigenvalue weighted by atomic mass is 10.1. The normalized spacial score (nSPS) is 18.8. The number of benzene rings is 1. The molecule has 1 atom stereocenters. The van der Waals surface area contributed by atoms with E-state index in [0.29, 0.717) is 12.1 Å². The van der Waals surface area contributed by atoms with Gasteiger partial charge in [0.2, 0.25) is 0 Å². The van der Waals surface area contributed by atoms with Crippen LogP contribution in [0.25, 0.3) is 11.0 Å². The first-order valence-corrected chi connectivity index (χ1v) is 7.52. The SMILES string of the molecule is CC(c1nc2ccccc2n1C1CCNCC1)N(C)C. The van der Waals surface area contributed by atoms with Crippen LogP contribution >= 0.6 is 0 Å². The molecule has 0 aliphatic carbocycles. The van der Waals surface area contributed by atoms with Crippen molar-refractivity contribution >= 4 is 11.0 Å². The lowest BCUT2D eigenvalue weighted by molar-refractivity contribution is 0.283. The van der Waals surface area contributed by atoms with Crippen LogP contribution in [-0.2, 0) is 0 Å². The van der Waals surface area contributed by atoms with Gasteiger partial charge >= 0.3 is 0 Å². The number of aromatic nitrogens is 2. The molecule has 1 aromatic heterocycles. The molecule has 108 valence electrons. The standard InChI is InChI=1S/C16H24N4/c1-12(19(2)3)16-18-14-6-4-5-7-15(14)20(16)13-8-10-17-11-9-13/h4-7,12-13,17H,8-11H2,1-3H3. The van der Waals surface area contributed by atoms with Crippen molar-refractivity contribution in [3.63, 3.8) is 0 Å². The van der Waals surface area contributed by atoms with Gasteiger partial charge in [-0.15, -0.1) is 0 Å². The molecule has 1 fully saturated rings. The molecule has 3 rings (SSSR count). The van der Waals surface area contributed by atoms with E-state index in [4.69, 9.17) is 4.98 Å². The van der Waals surface area contributed by atoms with Crippen LogP contribution in [0.5, 0.6) is 0 Å². The van der Waals surface area contributed by atoms with Gasteiger partial charge in [0, 0.05) is 6.04 Å². The van der Waals surface area contributed by atoms with Gasteiger partial charge in [0.1, 0.15) is 5.82 Å². The smallest absolute Gasteiger partial charge is 0.127 e. The third kappa shape index (κ3) is 2.34. The van der Waals surface area contributed by atoms with E-state index in [1.165, 1.54) is 24.2 Å². The predicted molar refractivity (Wildman–Crippen MR) is 83.0 cm³/mol. The number of para-hydroxylation sites is 2. The number of imidazole rings is 1. The molecule has 4 nitrogen and oxygen atoms in total. The van der Waals surface area contributed by atoms with Crippen LogP contribution in [0.3, 0.4) is 0 Å². The Morgan fingerprint density at radius 3 is 2.65 bits per heavy atom. The highest BCUT2D eigenvalue weighted by atomic mass is 15.2. The van der Waals surface area contributed by atoms with Crippen molar-refractivity contribution in [3.8, 4) is 0 Å². The lowest BCUT2D eigenvalue weighted by Crippen LogP contribution is -2.31. The second kappa shape index (κ2) is 5.54. The van der Waals surface area contributed by atoms with Crippen molar-refractivity contribution in [3.05, 3.63) is 30.1 Å². The monoisotopic (exact) mass is 272 g/mol. The zero-order chi connectivity index (χ0) is 14.1. The average molecular weight is 272 g/mol. The fourth-order valence-corrected chi connectivity index (χ4v) is 3.04. The second-order valence-electron chi connectivity index (χ2n) is 5.95. The number of nitrogens with zero attached hydrogens (tertiary/aromatic N) is 3. The maximum atomic E-state index is 4.91. The Hall–Kier alpha value is -1.39. The van der Waals surface area contributed by atoms with Crippen molar-refractivity contribution < 1.29 is 0 Å². The first-order chi connectivity index (χ1) is 9.68. The summed E-state index contributed by atoms with van der Waals surface area (Å²) in [6.07, 6.45) is 2.38. The van der Waals surface area contributed by atoms with Crippen molar-refractivity contribution in [1.82, 2.24) is 19.8 Å². The van der Waals surface area contributed by atoms with Crippen LogP contribution in [0.15, 0.2) is 24.3 Å². The Morgan fingerprint density at radius 2 is 1.95 bits per heavy atom. The Kier molecular flexibility index (Phi) is 3.76. The summed E-state index contributed by atoms with van der Waals surface area (Å²) in [5.41, 5.74) is 2.40. The number of hydrogen-bond acceptors (Lipinski definition) is 3. The van der Waals surface area contributed by atoms with Crippen molar-refractivity contribution in [2.24, 2.45) is 0 Å². The van der Waals surface area contributed by atoms with Gasteiger partial charge in [-0.05, 0) is 59.1 Å². The third-order valence-corrected chi connectivity index (χ3v) is 4.45. The predicted octanol–water partition coefficient (Wildman–Crippen LogP) is 2.58. The molecule has 1 N–H and O–H groups in total. The van der Waals surface area contributed by atoms with Crippen LogP contribution in [-0.4, -0.2) is 41.6 Å². The van der Waals surface area contributed by atoms with E-state index in [-0.39, 0.29) is 0 Å². The van der Waals surface area contributed by atoms with Crippen molar-refractivity contribution in [2.75, 3.05) is 27.2 Å². The van der Waals surface area contributed by atoms with Crippen molar-refractivity contribution in [2.45, 2.75) is 31.8 Å². The van der Waals surface area contributed by atoms with Gasteiger partial charge in [-0.25, -0.2) is 4.98 Å².